The van der Waals surface area contributed by atoms with Gasteiger partial charge in [-0.25, -0.2) is 4.39 Å². The highest BCUT2D eigenvalue weighted by molar-refractivity contribution is 5.83. The molecule has 1 amide bonds. The Bertz CT molecular complexity index is 680. The summed E-state index contributed by atoms with van der Waals surface area (Å²) in [7, 11) is 0. The largest absolute Gasteiger partial charge is 0.354 e. The summed E-state index contributed by atoms with van der Waals surface area (Å²) in [6, 6.07) is 13.2. The molecule has 0 heterocycles. The minimum Gasteiger partial charge on any atom is -0.354 e. The number of hydrogen-bond donors (Lipinski definition) is 2. The molecule has 0 radical (unpaired) electrons. The van der Waals surface area contributed by atoms with Crippen LogP contribution >= 0.6 is 0 Å². The molecule has 3 N–H and O–H groups in total. The van der Waals surface area contributed by atoms with E-state index < -0.39 is 6.04 Å². The highest BCUT2D eigenvalue weighted by Gasteiger charge is 2.24. The Labute approximate surface area is 136 Å². The molecule has 0 bridgehead atoms. The summed E-state index contributed by atoms with van der Waals surface area (Å²) in [4.78, 5) is 12.3. The van der Waals surface area contributed by atoms with Crippen LogP contribution in [-0.2, 0) is 10.2 Å². The quantitative estimate of drug-likeness (QED) is 0.890. The number of halogens is 1. The van der Waals surface area contributed by atoms with Crippen molar-refractivity contribution in [3.05, 3.63) is 71.0 Å². The molecule has 2 aromatic rings. The van der Waals surface area contributed by atoms with Gasteiger partial charge in [-0.15, -0.1) is 0 Å². The Balaban J connectivity index is 2.03. The molecule has 0 fully saturated rings. The number of nitrogens with two attached hydrogens (primary N) is 1. The maximum atomic E-state index is 13.0. The predicted molar refractivity (Wildman–Crippen MR) is 90.5 cm³/mol. The second-order valence-corrected chi connectivity index (χ2v) is 6.44. The first kappa shape index (κ1) is 17.2. The minimum absolute atomic E-state index is 0.213. The molecule has 0 aliphatic rings. The lowest BCUT2D eigenvalue weighted by Gasteiger charge is -2.26. The van der Waals surface area contributed by atoms with Gasteiger partial charge in [-0.1, -0.05) is 50.2 Å². The van der Waals surface area contributed by atoms with Gasteiger partial charge in [-0.2, -0.15) is 0 Å². The van der Waals surface area contributed by atoms with Crippen LogP contribution in [-0.4, -0.2) is 12.5 Å². The van der Waals surface area contributed by atoms with Crippen molar-refractivity contribution in [2.24, 2.45) is 5.73 Å². The third-order valence-corrected chi connectivity index (χ3v) is 4.14. The second kappa shape index (κ2) is 6.92. The average molecular weight is 314 g/mol. The number of aryl methyl sites for hydroxylation is 1. The van der Waals surface area contributed by atoms with E-state index in [1.165, 1.54) is 12.1 Å². The standard InChI is InChI=1S/C19H23FN2O/c1-13-6-4-5-7-16(13)17(21)18(23)22-12-19(2,3)14-8-10-15(20)11-9-14/h4-11,17H,12,21H2,1-3H3,(H,22,23). The first-order chi connectivity index (χ1) is 10.8. The Kier molecular flexibility index (Phi) is 5.16. The van der Waals surface area contributed by atoms with Crippen LogP contribution in [0.15, 0.2) is 48.5 Å². The van der Waals surface area contributed by atoms with Gasteiger partial charge in [0, 0.05) is 12.0 Å². The van der Waals surface area contributed by atoms with E-state index in [1.807, 2.05) is 45.0 Å². The fourth-order valence-electron chi connectivity index (χ4n) is 2.50. The van der Waals surface area contributed by atoms with E-state index in [0.29, 0.717) is 6.54 Å². The number of benzene rings is 2. The van der Waals surface area contributed by atoms with Crippen LogP contribution in [0.2, 0.25) is 0 Å². The molecule has 4 heteroatoms. The number of rotatable bonds is 5. The van der Waals surface area contributed by atoms with Gasteiger partial charge >= 0.3 is 0 Å². The van der Waals surface area contributed by atoms with Crippen molar-refractivity contribution < 1.29 is 9.18 Å². The van der Waals surface area contributed by atoms with Crippen LogP contribution in [0.25, 0.3) is 0 Å². The molecule has 0 saturated carbocycles. The zero-order valence-corrected chi connectivity index (χ0v) is 13.8. The van der Waals surface area contributed by atoms with Crippen molar-refractivity contribution in [3.63, 3.8) is 0 Å². The third kappa shape index (κ3) is 4.17. The molecule has 3 nitrogen and oxygen atoms in total. The third-order valence-electron chi connectivity index (χ3n) is 4.14. The summed E-state index contributed by atoms with van der Waals surface area (Å²) in [6.45, 7) is 6.36. The lowest BCUT2D eigenvalue weighted by atomic mass is 9.84. The smallest absolute Gasteiger partial charge is 0.241 e. The fourth-order valence-corrected chi connectivity index (χ4v) is 2.50. The summed E-state index contributed by atoms with van der Waals surface area (Å²) in [6.07, 6.45) is 0. The number of carbonyl (C=O) groups excluding carboxylic acids is 1. The number of carbonyl (C=O) groups is 1. The molecule has 23 heavy (non-hydrogen) atoms. The molecule has 0 aliphatic carbocycles. The van der Waals surface area contributed by atoms with Gasteiger partial charge in [0.15, 0.2) is 0 Å². The SMILES string of the molecule is Cc1ccccc1C(N)C(=O)NCC(C)(C)c1ccc(F)cc1. The van der Waals surface area contributed by atoms with E-state index >= 15 is 0 Å². The average Bonchev–Trinajstić information content (AvgIpc) is 2.53. The van der Waals surface area contributed by atoms with Crippen LogP contribution in [0.1, 0.15) is 36.6 Å². The van der Waals surface area contributed by atoms with Crippen molar-refractivity contribution in [2.45, 2.75) is 32.2 Å². The fraction of sp³-hybridized carbons (Fsp3) is 0.316. The van der Waals surface area contributed by atoms with Gasteiger partial charge in [0.25, 0.3) is 0 Å². The van der Waals surface area contributed by atoms with E-state index in [9.17, 15) is 9.18 Å². The molecule has 1 atom stereocenters. The number of hydrogen-bond acceptors (Lipinski definition) is 2. The van der Waals surface area contributed by atoms with Crippen molar-refractivity contribution in [1.82, 2.24) is 5.32 Å². The van der Waals surface area contributed by atoms with Gasteiger partial charge in [0.2, 0.25) is 5.91 Å². The molecule has 1 unspecified atom stereocenters. The second-order valence-electron chi connectivity index (χ2n) is 6.44. The molecular weight excluding hydrogens is 291 g/mol. The highest BCUT2D eigenvalue weighted by atomic mass is 19.1. The van der Waals surface area contributed by atoms with E-state index in [-0.39, 0.29) is 17.1 Å². The summed E-state index contributed by atoms with van der Waals surface area (Å²) in [5.41, 5.74) is 8.53. The molecule has 0 saturated heterocycles. The molecule has 0 aliphatic heterocycles. The van der Waals surface area contributed by atoms with E-state index in [4.69, 9.17) is 5.73 Å². The maximum absolute atomic E-state index is 13.0. The van der Waals surface area contributed by atoms with Gasteiger partial charge in [0.05, 0.1) is 0 Å². The maximum Gasteiger partial charge on any atom is 0.241 e. The minimum atomic E-state index is -0.694. The van der Waals surface area contributed by atoms with E-state index in [0.717, 1.165) is 16.7 Å². The highest BCUT2D eigenvalue weighted by Crippen LogP contribution is 2.23. The predicted octanol–water partition coefficient (Wildman–Crippen LogP) is 3.23. The molecule has 0 aromatic heterocycles. The molecule has 0 spiro atoms. The van der Waals surface area contributed by atoms with Crippen LogP contribution < -0.4 is 11.1 Å². The first-order valence-electron chi connectivity index (χ1n) is 7.66. The van der Waals surface area contributed by atoms with Gasteiger partial charge in [0.1, 0.15) is 11.9 Å². The summed E-state index contributed by atoms with van der Waals surface area (Å²) in [5.74, 6) is -0.482. The van der Waals surface area contributed by atoms with Gasteiger partial charge < -0.3 is 11.1 Å². The molecule has 2 aromatic carbocycles. The van der Waals surface area contributed by atoms with Crippen LogP contribution in [0.4, 0.5) is 4.39 Å². The van der Waals surface area contributed by atoms with Crippen molar-refractivity contribution >= 4 is 5.91 Å². The van der Waals surface area contributed by atoms with Crippen LogP contribution in [0.3, 0.4) is 0 Å². The number of amides is 1. The Morgan fingerprint density at radius 2 is 1.78 bits per heavy atom. The molecular formula is C19H23FN2O. The van der Waals surface area contributed by atoms with Gasteiger partial charge in [-0.3, -0.25) is 4.79 Å². The van der Waals surface area contributed by atoms with Crippen molar-refractivity contribution in [2.75, 3.05) is 6.54 Å². The molecule has 122 valence electrons. The normalized spacial score (nSPS) is 12.7. The summed E-state index contributed by atoms with van der Waals surface area (Å²) < 4.78 is 13.0. The lowest BCUT2D eigenvalue weighted by molar-refractivity contribution is -0.122. The summed E-state index contributed by atoms with van der Waals surface area (Å²) in [5, 5.41) is 2.90. The molecule has 2 rings (SSSR count). The monoisotopic (exact) mass is 314 g/mol. The van der Waals surface area contributed by atoms with Crippen molar-refractivity contribution in [1.29, 1.82) is 0 Å². The topological polar surface area (TPSA) is 55.1 Å². The number of nitrogens with one attached hydrogen (secondary N) is 1. The Morgan fingerprint density at radius 1 is 1.17 bits per heavy atom. The zero-order valence-electron chi connectivity index (χ0n) is 13.8. The zero-order chi connectivity index (χ0) is 17.0. The van der Waals surface area contributed by atoms with Crippen LogP contribution in [0, 0.1) is 12.7 Å². The van der Waals surface area contributed by atoms with Gasteiger partial charge in [-0.05, 0) is 35.7 Å². The van der Waals surface area contributed by atoms with E-state index in [1.54, 1.807) is 12.1 Å². The van der Waals surface area contributed by atoms with E-state index in [2.05, 4.69) is 5.32 Å². The van der Waals surface area contributed by atoms with Crippen molar-refractivity contribution in [3.8, 4) is 0 Å². The Morgan fingerprint density at radius 3 is 2.39 bits per heavy atom. The summed E-state index contributed by atoms with van der Waals surface area (Å²) >= 11 is 0. The lowest BCUT2D eigenvalue weighted by Crippen LogP contribution is -2.41. The Hall–Kier alpha value is -2.20. The first-order valence-corrected chi connectivity index (χ1v) is 7.66. The van der Waals surface area contributed by atoms with Crippen LogP contribution in [0.5, 0.6) is 0 Å².